The maximum Gasteiger partial charge on any atom is 0.125 e. The SMILES string of the molecule is Cc1nc(C(O)c2cnccc2N)cs1. The van der Waals surface area contributed by atoms with E-state index in [1.54, 1.807) is 18.5 Å². The van der Waals surface area contributed by atoms with E-state index in [2.05, 4.69) is 9.97 Å². The minimum absolute atomic E-state index is 0.531. The van der Waals surface area contributed by atoms with Crippen molar-refractivity contribution in [1.29, 1.82) is 0 Å². The van der Waals surface area contributed by atoms with Crippen LogP contribution >= 0.6 is 11.3 Å². The summed E-state index contributed by atoms with van der Waals surface area (Å²) in [6, 6.07) is 1.66. The summed E-state index contributed by atoms with van der Waals surface area (Å²) in [5.41, 5.74) is 7.49. The molecule has 78 valence electrons. The Hall–Kier alpha value is -1.46. The number of aliphatic hydroxyl groups excluding tert-OH is 1. The molecule has 15 heavy (non-hydrogen) atoms. The van der Waals surface area contributed by atoms with Crippen molar-refractivity contribution in [2.45, 2.75) is 13.0 Å². The Morgan fingerprint density at radius 3 is 2.93 bits per heavy atom. The van der Waals surface area contributed by atoms with Crippen LogP contribution in [0.4, 0.5) is 5.69 Å². The number of pyridine rings is 1. The Morgan fingerprint density at radius 2 is 2.33 bits per heavy atom. The smallest absolute Gasteiger partial charge is 0.125 e. The standard InChI is InChI=1S/C10H11N3OS/c1-6-13-9(5-15-6)10(14)7-4-12-3-2-8(7)11/h2-5,10,14H,1H3,(H2,11,12). The minimum Gasteiger partial charge on any atom is -0.398 e. The summed E-state index contributed by atoms with van der Waals surface area (Å²) in [5.74, 6) is 0. The van der Waals surface area contributed by atoms with Crippen molar-refractivity contribution in [3.63, 3.8) is 0 Å². The summed E-state index contributed by atoms with van der Waals surface area (Å²) in [5, 5.41) is 12.8. The number of hydrogen-bond acceptors (Lipinski definition) is 5. The molecular formula is C10H11N3OS. The fraction of sp³-hybridized carbons (Fsp3) is 0.200. The highest BCUT2D eigenvalue weighted by Crippen LogP contribution is 2.26. The zero-order chi connectivity index (χ0) is 10.8. The van der Waals surface area contributed by atoms with Gasteiger partial charge in [-0.3, -0.25) is 4.98 Å². The third kappa shape index (κ3) is 1.98. The van der Waals surface area contributed by atoms with Gasteiger partial charge >= 0.3 is 0 Å². The van der Waals surface area contributed by atoms with Gasteiger partial charge in [-0.15, -0.1) is 11.3 Å². The molecule has 0 fully saturated rings. The highest BCUT2D eigenvalue weighted by Gasteiger charge is 2.15. The number of nitrogen functional groups attached to an aromatic ring is 1. The first-order valence-corrected chi connectivity index (χ1v) is 5.36. The predicted octanol–water partition coefficient (Wildman–Crippen LogP) is 1.51. The molecule has 2 aromatic rings. The van der Waals surface area contributed by atoms with Crippen LogP contribution in [-0.4, -0.2) is 15.1 Å². The topological polar surface area (TPSA) is 72.0 Å². The Balaban J connectivity index is 2.36. The first-order valence-electron chi connectivity index (χ1n) is 4.48. The van der Waals surface area contributed by atoms with E-state index >= 15 is 0 Å². The highest BCUT2D eigenvalue weighted by atomic mass is 32.1. The van der Waals surface area contributed by atoms with Gasteiger partial charge in [0.25, 0.3) is 0 Å². The second kappa shape index (κ2) is 3.96. The van der Waals surface area contributed by atoms with Gasteiger partial charge < -0.3 is 10.8 Å². The monoisotopic (exact) mass is 221 g/mol. The number of nitrogens with zero attached hydrogens (tertiary/aromatic N) is 2. The molecule has 2 aromatic heterocycles. The average molecular weight is 221 g/mol. The van der Waals surface area contributed by atoms with Crippen LogP contribution < -0.4 is 5.73 Å². The van der Waals surface area contributed by atoms with E-state index in [1.165, 1.54) is 11.3 Å². The van der Waals surface area contributed by atoms with E-state index < -0.39 is 6.10 Å². The number of aryl methyl sites for hydroxylation is 1. The third-order valence-electron chi connectivity index (χ3n) is 2.10. The first kappa shape index (κ1) is 10.1. The van der Waals surface area contributed by atoms with Crippen LogP contribution in [0.3, 0.4) is 0 Å². The van der Waals surface area contributed by atoms with Gasteiger partial charge in [-0.1, -0.05) is 0 Å². The summed E-state index contributed by atoms with van der Waals surface area (Å²) >= 11 is 1.50. The molecule has 0 spiro atoms. The summed E-state index contributed by atoms with van der Waals surface area (Å²) in [6.07, 6.45) is 2.37. The zero-order valence-corrected chi connectivity index (χ0v) is 9.03. The van der Waals surface area contributed by atoms with Crippen LogP contribution in [0.2, 0.25) is 0 Å². The number of anilines is 1. The highest BCUT2D eigenvalue weighted by molar-refractivity contribution is 7.09. The average Bonchev–Trinajstić information content (AvgIpc) is 2.65. The van der Waals surface area contributed by atoms with Gasteiger partial charge in [0.1, 0.15) is 6.10 Å². The van der Waals surface area contributed by atoms with E-state index in [9.17, 15) is 5.11 Å². The normalized spacial score (nSPS) is 12.7. The van der Waals surface area contributed by atoms with Crippen molar-refractivity contribution in [3.05, 3.63) is 40.1 Å². The van der Waals surface area contributed by atoms with Gasteiger partial charge in [0, 0.05) is 29.0 Å². The van der Waals surface area contributed by atoms with Crippen molar-refractivity contribution >= 4 is 17.0 Å². The Morgan fingerprint density at radius 1 is 1.53 bits per heavy atom. The summed E-state index contributed by atoms with van der Waals surface area (Å²) in [4.78, 5) is 8.15. The van der Waals surface area contributed by atoms with Crippen LogP contribution in [0.5, 0.6) is 0 Å². The summed E-state index contributed by atoms with van der Waals surface area (Å²) < 4.78 is 0. The van der Waals surface area contributed by atoms with E-state index in [1.807, 2.05) is 12.3 Å². The summed E-state index contributed by atoms with van der Waals surface area (Å²) in [6.45, 7) is 1.90. The fourth-order valence-corrected chi connectivity index (χ4v) is 1.94. The molecule has 2 rings (SSSR count). The Kier molecular flexibility index (Phi) is 2.66. The van der Waals surface area contributed by atoms with Crippen molar-refractivity contribution in [2.75, 3.05) is 5.73 Å². The molecule has 0 aliphatic heterocycles. The second-order valence-electron chi connectivity index (χ2n) is 3.20. The molecular weight excluding hydrogens is 210 g/mol. The molecule has 1 atom stereocenters. The largest absolute Gasteiger partial charge is 0.398 e. The lowest BCUT2D eigenvalue weighted by Gasteiger charge is -2.09. The Bertz CT molecular complexity index is 469. The van der Waals surface area contributed by atoms with Gasteiger partial charge in [0.2, 0.25) is 0 Å². The fourth-order valence-electron chi connectivity index (χ4n) is 1.31. The van der Waals surface area contributed by atoms with Crippen LogP contribution in [0.15, 0.2) is 23.8 Å². The van der Waals surface area contributed by atoms with E-state index in [0.29, 0.717) is 16.9 Å². The molecule has 0 aromatic carbocycles. The van der Waals surface area contributed by atoms with Crippen molar-refractivity contribution in [2.24, 2.45) is 0 Å². The van der Waals surface area contributed by atoms with Gasteiger partial charge in [-0.05, 0) is 13.0 Å². The molecule has 0 aliphatic rings. The van der Waals surface area contributed by atoms with E-state index in [0.717, 1.165) is 5.01 Å². The second-order valence-corrected chi connectivity index (χ2v) is 4.26. The van der Waals surface area contributed by atoms with Crippen molar-refractivity contribution in [3.8, 4) is 0 Å². The van der Waals surface area contributed by atoms with Crippen LogP contribution in [0, 0.1) is 6.92 Å². The number of aliphatic hydroxyl groups is 1. The lowest BCUT2D eigenvalue weighted by atomic mass is 10.1. The number of rotatable bonds is 2. The van der Waals surface area contributed by atoms with Gasteiger partial charge in [-0.25, -0.2) is 4.98 Å². The van der Waals surface area contributed by atoms with E-state index in [4.69, 9.17) is 5.73 Å². The third-order valence-corrected chi connectivity index (χ3v) is 2.89. The predicted molar refractivity (Wildman–Crippen MR) is 59.6 cm³/mol. The molecule has 5 heteroatoms. The molecule has 0 amide bonds. The number of aromatic nitrogens is 2. The molecule has 0 saturated carbocycles. The molecule has 0 radical (unpaired) electrons. The maximum absolute atomic E-state index is 10.0. The number of thiazole rings is 1. The zero-order valence-electron chi connectivity index (χ0n) is 8.21. The molecule has 0 saturated heterocycles. The minimum atomic E-state index is -0.788. The van der Waals surface area contributed by atoms with Gasteiger partial charge in [0.05, 0.1) is 10.7 Å². The maximum atomic E-state index is 10.0. The molecule has 3 N–H and O–H groups in total. The van der Waals surface area contributed by atoms with Crippen LogP contribution in [-0.2, 0) is 0 Å². The van der Waals surface area contributed by atoms with Gasteiger partial charge in [0.15, 0.2) is 0 Å². The lowest BCUT2D eigenvalue weighted by molar-refractivity contribution is 0.216. The molecule has 4 nitrogen and oxygen atoms in total. The lowest BCUT2D eigenvalue weighted by Crippen LogP contribution is -2.04. The molecule has 0 aliphatic carbocycles. The van der Waals surface area contributed by atoms with Crippen LogP contribution in [0.25, 0.3) is 0 Å². The summed E-state index contributed by atoms with van der Waals surface area (Å²) in [7, 11) is 0. The van der Waals surface area contributed by atoms with E-state index in [-0.39, 0.29) is 0 Å². The van der Waals surface area contributed by atoms with Crippen molar-refractivity contribution in [1.82, 2.24) is 9.97 Å². The van der Waals surface area contributed by atoms with Crippen LogP contribution in [0.1, 0.15) is 22.4 Å². The van der Waals surface area contributed by atoms with Gasteiger partial charge in [-0.2, -0.15) is 0 Å². The number of nitrogens with two attached hydrogens (primary N) is 1. The molecule has 0 bridgehead atoms. The Labute approximate surface area is 91.4 Å². The first-order chi connectivity index (χ1) is 7.18. The molecule has 2 heterocycles. The van der Waals surface area contributed by atoms with Crippen molar-refractivity contribution < 1.29 is 5.11 Å². The molecule has 1 unspecified atom stereocenters. The quantitative estimate of drug-likeness (QED) is 0.806. The number of hydrogen-bond donors (Lipinski definition) is 2.